The van der Waals surface area contributed by atoms with Crippen molar-refractivity contribution in [2.75, 3.05) is 0 Å². The number of benzene rings is 1. The second kappa shape index (κ2) is 6.39. The van der Waals surface area contributed by atoms with Crippen LogP contribution >= 0.6 is 0 Å². The number of aliphatic imine (C=N–C) groups is 1. The van der Waals surface area contributed by atoms with E-state index < -0.39 is 0 Å². The lowest BCUT2D eigenvalue weighted by Crippen LogP contribution is -2.15. The summed E-state index contributed by atoms with van der Waals surface area (Å²) in [6, 6.07) is 10.0. The topological polar surface area (TPSA) is 37.5 Å². The summed E-state index contributed by atoms with van der Waals surface area (Å²) >= 11 is 0. The molecule has 3 nitrogen and oxygen atoms in total. The number of phenols is 1. The number of aryl methyl sites for hydroxylation is 1. The lowest BCUT2D eigenvalue weighted by Gasteiger charge is -2.26. The van der Waals surface area contributed by atoms with E-state index in [1.165, 1.54) is 43.5 Å². The van der Waals surface area contributed by atoms with Crippen molar-refractivity contribution in [3.8, 4) is 5.75 Å². The molecule has 0 atom stereocenters. The van der Waals surface area contributed by atoms with Gasteiger partial charge in [-0.25, -0.2) is 0 Å². The Bertz CT molecular complexity index is 679. The molecular formula is C19H24N2O. The van der Waals surface area contributed by atoms with E-state index in [0.29, 0.717) is 11.7 Å². The van der Waals surface area contributed by atoms with Gasteiger partial charge < -0.3 is 9.67 Å². The molecule has 1 fully saturated rings. The van der Waals surface area contributed by atoms with Gasteiger partial charge in [0.1, 0.15) is 11.4 Å². The highest BCUT2D eigenvalue weighted by atomic mass is 16.3. The van der Waals surface area contributed by atoms with Gasteiger partial charge in [0.05, 0.1) is 0 Å². The van der Waals surface area contributed by atoms with Crippen LogP contribution < -0.4 is 0 Å². The molecule has 0 radical (unpaired) electrons. The summed E-state index contributed by atoms with van der Waals surface area (Å²) in [6.07, 6.45) is 8.49. The maximum absolute atomic E-state index is 9.80. The molecule has 0 unspecified atom stereocenters. The van der Waals surface area contributed by atoms with E-state index in [9.17, 15) is 5.11 Å². The van der Waals surface area contributed by atoms with Crippen molar-refractivity contribution in [3.05, 3.63) is 47.3 Å². The number of aromatic nitrogens is 1. The molecule has 1 aliphatic carbocycles. The minimum Gasteiger partial charge on any atom is -0.506 e. The second-order valence-corrected chi connectivity index (χ2v) is 6.24. The number of hydrogen-bond acceptors (Lipinski definition) is 2. The summed E-state index contributed by atoms with van der Waals surface area (Å²) in [7, 11) is 0. The van der Waals surface area contributed by atoms with Gasteiger partial charge in [0, 0.05) is 29.2 Å². The minimum absolute atomic E-state index is 0.222. The molecule has 116 valence electrons. The van der Waals surface area contributed by atoms with Crippen molar-refractivity contribution >= 4 is 11.9 Å². The fourth-order valence-corrected chi connectivity index (χ4v) is 3.55. The lowest BCUT2D eigenvalue weighted by molar-refractivity contribution is 0.346. The van der Waals surface area contributed by atoms with Crippen molar-refractivity contribution in [2.45, 2.75) is 52.0 Å². The maximum Gasteiger partial charge on any atom is 0.141 e. The molecule has 1 saturated carbocycles. The first-order chi connectivity index (χ1) is 10.7. The van der Waals surface area contributed by atoms with Gasteiger partial charge in [-0.05, 0) is 44.9 Å². The van der Waals surface area contributed by atoms with Gasteiger partial charge in [0.2, 0.25) is 0 Å². The zero-order valence-corrected chi connectivity index (χ0v) is 13.4. The minimum atomic E-state index is 0.222. The van der Waals surface area contributed by atoms with Gasteiger partial charge >= 0.3 is 0 Å². The van der Waals surface area contributed by atoms with E-state index in [2.05, 4.69) is 29.5 Å². The Morgan fingerprint density at radius 3 is 2.59 bits per heavy atom. The predicted octanol–water partition coefficient (Wildman–Crippen LogP) is 5.07. The first kappa shape index (κ1) is 14.9. The van der Waals surface area contributed by atoms with Gasteiger partial charge in [-0.1, -0.05) is 31.4 Å². The average Bonchev–Trinajstić information content (AvgIpc) is 2.81. The van der Waals surface area contributed by atoms with Crippen LogP contribution in [-0.4, -0.2) is 15.9 Å². The van der Waals surface area contributed by atoms with Gasteiger partial charge in [0.15, 0.2) is 0 Å². The number of aromatic hydroxyl groups is 1. The van der Waals surface area contributed by atoms with Crippen LogP contribution in [0.3, 0.4) is 0 Å². The number of rotatable bonds is 3. The Labute approximate surface area is 132 Å². The smallest absolute Gasteiger partial charge is 0.141 e. The normalized spacial score (nSPS) is 16.5. The highest BCUT2D eigenvalue weighted by Gasteiger charge is 2.19. The lowest BCUT2D eigenvalue weighted by atomic mass is 9.95. The van der Waals surface area contributed by atoms with Crippen LogP contribution in [0.4, 0.5) is 5.69 Å². The molecule has 22 heavy (non-hydrogen) atoms. The van der Waals surface area contributed by atoms with E-state index in [1.54, 1.807) is 6.07 Å². The molecule has 1 N–H and O–H groups in total. The van der Waals surface area contributed by atoms with Gasteiger partial charge in [-0.3, -0.25) is 4.99 Å². The van der Waals surface area contributed by atoms with Crippen LogP contribution in [0.5, 0.6) is 5.75 Å². The molecule has 2 aromatic rings. The standard InChI is InChI=1S/C19H24N2O/c1-14-12-16(13-20-18-10-6-7-11-19(18)22)15(2)21(14)17-8-4-3-5-9-17/h6-7,10-13,17,22H,3-5,8-9H2,1-2H3. The van der Waals surface area contributed by atoms with Crippen LogP contribution in [0.25, 0.3) is 0 Å². The summed E-state index contributed by atoms with van der Waals surface area (Å²) in [5.74, 6) is 0.222. The van der Waals surface area contributed by atoms with Crippen molar-refractivity contribution in [1.29, 1.82) is 0 Å². The number of phenolic OH excluding ortho intramolecular Hbond substituents is 1. The Balaban J connectivity index is 1.87. The van der Waals surface area contributed by atoms with Crippen molar-refractivity contribution in [1.82, 2.24) is 4.57 Å². The largest absolute Gasteiger partial charge is 0.506 e. The van der Waals surface area contributed by atoms with E-state index in [4.69, 9.17) is 0 Å². The van der Waals surface area contributed by atoms with Gasteiger partial charge in [0.25, 0.3) is 0 Å². The molecule has 0 saturated heterocycles. The predicted molar refractivity (Wildman–Crippen MR) is 91.4 cm³/mol. The quantitative estimate of drug-likeness (QED) is 0.789. The van der Waals surface area contributed by atoms with E-state index in [0.717, 1.165) is 5.56 Å². The molecule has 1 aromatic carbocycles. The monoisotopic (exact) mass is 296 g/mol. The fraction of sp³-hybridized carbons (Fsp3) is 0.421. The Morgan fingerprint density at radius 2 is 1.86 bits per heavy atom. The summed E-state index contributed by atoms with van der Waals surface area (Å²) in [6.45, 7) is 4.35. The van der Waals surface area contributed by atoms with E-state index in [-0.39, 0.29) is 5.75 Å². The number of nitrogens with zero attached hydrogens (tertiary/aromatic N) is 2. The van der Waals surface area contributed by atoms with Crippen LogP contribution in [0, 0.1) is 13.8 Å². The molecular weight excluding hydrogens is 272 g/mol. The zero-order chi connectivity index (χ0) is 15.5. The number of hydrogen-bond donors (Lipinski definition) is 1. The van der Waals surface area contributed by atoms with E-state index in [1.807, 2.05) is 24.4 Å². The zero-order valence-electron chi connectivity index (χ0n) is 13.4. The second-order valence-electron chi connectivity index (χ2n) is 6.24. The Hall–Kier alpha value is -2.03. The summed E-state index contributed by atoms with van der Waals surface area (Å²) < 4.78 is 2.48. The van der Waals surface area contributed by atoms with Crippen LogP contribution in [0.15, 0.2) is 35.3 Å². The molecule has 0 bridgehead atoms. The molecule has 0 spiro atoms. The fourth-order valence-electron chi connectivity index (χ4n) is 3.55. The molecule has 1 aliphatic rings. The molecule has 3 rings (SSSR count). The molecule has 1 heterocycles. The highest BCUT2D eigenvalue weighted by Crippen LogP contribution is 2.32. The van der Waals surface area contributed by atoms with Gasteiger partial charge in [-0.15, -0.1) is 0 Å². The molecule has 0 amide bonds. The molecule has 0 aliphatic heterocycles. The first-order valence-corrected chi connectivity index (χ1v) is 8.17. The molecule has 1 aromatic heterocycles. The summed E-state index contributed by atoms with van der Waals surface area (Å²) in [4.78, 5) is 4.45. The van der Waals surface area contributed by atoms with Gasteiger partial charge in [-0.2, -0.15) is 0 Å². The SMILES string of the molecule is Cc1cc(C=Nc2ccccc2O)c(C)n1C1CCCCC1. The average molecular weight is 296 g/mol. The summed E-state index contributed by atoms with van der Waals surface area (Å²) in [5.41, 5.74) is 4.35. The van der Waals surface area contributed by atoms with Crippen LogP contribution in [0.1, 0.15) is 55.1 Å². The molecule has 3 heteroatoms. The third-order valence-electron chi connectivity index (χ3n) is 4.69. The third kappa shape index (κ3) is 2.94. The van der Waals surface area contributed by atoms with Crippen molar-refractivity contribution in [2.24, 2.45) is 4.99 Å². The van der Waals surface area contributed by atoms with Crippen LogP contribution in [0.2, 0.25) is 0 Å². The van der Waals surface area contributed by atoms with E-state index >= 15 is 0 Å². The first-order valence-electron chi connectivity index (χ1n) is 8.17. The number of para-hydroxylation sites is 2. The van der Waals surface area contributed by atoms with Crippen LogP contribution in [-0.2, 0) is 0 Å². The summed E-state index contributed by atoms with van der Waals surface area (Å²) in [5, 5.41) is 9.80. The van der Waals surface area contributed by atoms with Crippen molar-refractivity contribution in [3.63, 3.8) is 0 Å². The van der Waals surface area contributed by atoms with Crippen molar-refractivity contribution < 1.29 is 5.11 Å². The highest BCUT2D eigenvalue weighted by molar-refractivity contribution is 5.84. The maximum atomic E-state index is 9.80. The third-order valence-corrected chi connectivity index (χ3v) is 4.69. The Morgan fingerprint density at radius 1 is 1.14 bits per heavy atom. The Kier molecular flexibility index (Phi) is 4.32.